The van der Waals surface area contributed by atoms with Gasteiger partial charge in [-0.15, -0.1) is 0 Å². The van der Waals surface area contributed by atoms with E-state index in [0.717, 1.165) is 34.2 Å². The Hall–Kier alpha value is -2.54. The Bertz CT molecular complexity index is 867. The number of thiazole rings is 1. The van der Waals surface area contributed by atoms with Crippen molar-refractivity contribution in [1.82, 2.24) is 9.88 Å². The standard InChI is InChI=1S/C18H19N3O3S/c1-2-23-13-5-3-7-15-16(13)19-18(25-15)21-10-8-20(9-11-21)17(22)14-6-4-12-24-14/h3-7,12H,2,8-11H2,1H3. The van der Waals surface area contributed by atoms with Crippen molar-refractivity contribution in [3.63, 3.8) is 0 Å². The molecule has 7 heteroatoms. The number of piperazine rings is 1. The van der Waals surface area contributed by atoms with Crippen LogP contribution in [0.15, 0.2) is 41.0 Å². The minimum Gasteiger partial charge on any atom is -0.492 e. The minimum absolute atomic E-state index is 0.0485. The van der Waals surface area contributed by atoms with Crippen LogP contribution in [0.3, 0.4) is 0 Å². The number of benzene rings is 1. The van der Waals surface area contributed by atoms with Crippen LogP contribution in [0.5, 0.6) is 5.75 Å². The van der Waals surface area contributed by atoms with E-state index in [9.17, 15) is 4.79 Å². The van der Waals surface area contributed by atoms with E-state index in [-0.39, 0.29) is 5.91 Å². The van der Waals surface area contributed by atoms with E-state index in [2.05, 4.69) is 11.0 Å². The van der Waals surface area contributed by atoms with Gasteiger partial charge in [0.05, 0.1) is 17.6 Å². The summed E-state index contributed by atoms with van der Waals surface area (Å²) in [5.74, 6) is 1.18. The van der Waals surface area contributed by atoms with Gasteiger partial charge in [-0.3, -0.25) is 4.79 Å². The molecule has 1 amide bonds. The summed E-state index contributed by atoms with van der Waals surface area (Å²) in [5.41, 5.74) is 0.915. The van der Waals surface area contributed by atoms with Crippen molar-refractivity contribution in [3.05, 3.63) is 42.4 Å². The van der Waals surface area contributed by atoms with E-state index in [1.54, 1.807) is 23.5 Å². The van der Waals surface area contributed by atoms with Gasteiger partial charge < -0.3 is 19.0 Å². The van der Waals surface area contributed by atoms with Gasteiger partial charge in [0.2, 0.25) is 0 Å². The number of anilines is 1. The lowest BCUT2D eigenvalue weighted by atomic mass is 10.3. The summed E-state index contributed by atoms with van der Waals surface area (Å²) in [6.07, 6.45) is 1.53. The fourth-order valence-electron chi connectivity index (χ4n) is 2.98. The summed E-state index contributed by atoms with van der Waals surface area (Å²) < 4.78 is 12.0. The van der Waals surface area contributed by atoms with E-state index < -0.39 is 0 Å². The Morgan fingerprint density at radius 2 is 2.08 bits per heavy atom. The van der Waals surface area contributed by atoms with Gasteiger partial charge in [0.1, 0.15) is 11.3 Å². The van der Waals surface area contributed by atoms with Crippen LogP contribution in [-0.2, 0) is 0 Å². The Balaban J connectivity index is 1.48. The zero-order valence-electron chi connectivity index (χ0n) is 14.0. The molecule has 0 N–H and O–H groups in total. The third-order valence-electron chi connectivity index (χ3n) is 4.24. The molecule has 3 heterocycles. The molecule has 1 fully saturated rings. The molecule has 4 rings (SSSR count). The molecule has 0 aliphatic carbocycles. The van der Waals surface area contributed by atoms with Crippen LogP contribution >= 0.6 is 11.3 Å². The Morgan fingerprint density at radius 3 is 2.80 bits per heavy atom. The number of amides is 1. The van der Waals surface area contributed by atoms with Crippen LogP contribution < -0.4 is 9.64 Å². The van der Waals surface area contributed by atoms with Crippen molar-refractivity contribution >= 4 is 32.6 Å². The zero-order valence-corrected chi connectivity index (χ0v) is 14.8. The molecule has 130 valence electrons. The Kier molecular flexibility index (Phi) is 4.31. The molecule has 6 nitrogen and oxygen atoms in total. The highest BCUT2D eigenvalue weighted by atomic mass is 32.1. The maximum Gasteiger partial charge on any atom is 0.289 e. The van der Waals surface area contributed by atoms with Crippen molar-refractivity contribution in [2.24, 2.45) is 0 Å². The van der Waals surface area contributed by atoms with Crippen LogP contribution in [0.2, 0.25) is 0 Å². The molecular weight excluding hydrogens is 338 g/mol. The summed E-state index contributed by atoms with van der Waals surface area (Å²) in [7, 11) is 0. The van der Waals surface area contributed by atoms with Gasteiger partial charge in [0.15, 0.2) is 10.9 Å². The normalized spacial score (nSPS) is 14.9. The molecule has 0 radical (unpaired) electrons. The summed E-state index contributed by atoms with van der Waals surface area (Å²) in [6, 6.07) is 9.46. The summed E-state index contributed by atoms with van der Waals surface area (Å²) in [5, 5.41) is 0.979. The van der Waals surface area contributed by atoms with Gasteiger partial charge in [-0.1, -0.05) is 17.4 Å². The number of aromatic nitrogens is 1. The summed E-state index contributed by atoms with van der Waals surface area (Å²) in [6.45, 7) is 5.44. The van der Waals surface area contributed by atoms with Crippen molar-refractivity contribution < 1.29 is 13.9 Å². The molecule has 1 aromatic carbocycles. The maximum atomic E-state index is 12.3. The highest BCUT2D eigenvalue weighted by molar-refractivity contribution is 7.22. The maximum absolute atomic E-state index is 12.3. The third-order valence-corrected chi connectivity index (χ3v) is 5.32. The van der Waals surface area contributed by atoms with Crippen LogP contribution in [0.4, 0.5) is 5.13 Å². The zero-order chi connectivity index (χ0) is 17.2. The van der Waals surface area contributed by atoms with Crippen LogP contribution in [0.25, 0.3) is 10.2 Å². The number of para-hydroxylation sites is 1. The number of carbonyl (C=O) groups excluding carboxylic acids is 1. The van der Waals surface area contributed by atoms with E-state index in [1.807, 2.05) is 24.0 Å². The number of ether oxygens (including phenoxy) is 1. The number of hydrogen-bond acceptors (Lipinski definition) is 6. The fourth-order valence-corrected chi connectivity index (χ4v) is 4.01. The molecule has 1 aliphatic rings. The quantitative estimate of drug-likeness (QED) is 0.717. The first kappa shape index (κ1) is 16.0. The smallest absolute Gasteiger partial charge is 0.289 e. The molecular formula is C18H19N3O3S. The lowest BCUT2D eigenvalue weighted by Crippen LogP contribution is -2.48. The SMILES string of the molecule is CCOc1cccc2sc(N3CCN(C(=O)c4ccco4)CC3)nc12. The molecule has 25 heavy (non-hydrogen) atoms. The molecule has 0 bridgehead atoms. The van der Waals surface area contributed by atoms with E-state index in [4.69, 9.17) is 14.1 Å². The van der Waals surface area contributed by atoms with Gasteiger partial charge >= 0.3 is 0 Å². The minimum atomic E-state index is -0.0485. The molecule has 2 aromatic heterocycles. The summed E-state index contributed by atoms with van der Waals surface area (Å²) >= 11 is 1.66. The number of nitrogens with zero attached hydrogens (tertiary/aromatic N) is 3. The molecule has 1 aliphatic heterocycles. The largest absolute Gasteiger partial charge is 0.492 e. The predicted molar refractivity (Wildman–Crippen MR) is 97.6 cm³/mol. The first-order chi connectivity index (χ1) is 12.3. The average molecular weight is 357 g/mol. The highest BCUT2D eigenvalue weighted by Crippen LogP contribution is 2.34. The average Bonchev–Trinajstić information content (AvgIpc) is 3.32. The highest BCUT2D eigenvalue weighted by Gasteiger charge is 2.25. The summed E-state index contributed by atoms with van der Waals surface area (Å²) in [4.78, 5) is 21.2. The van der Waals surface area contributed by atoms with E-state index in [1.165, 1.54) is 6.26 Å². The lowest BCUT2D eigenvalue weighted by Gasteiger charge is -2.34. The van der Waals surface area contributed by atoms with Crippen LogP contribution in [0.1, 0.15) is 17.5 Å². The van der Waals surface area contributed by atoms with Crippen molar-refractivity contribution in [2.75, 3.05) is 37.7 Å². The molecule has 0 spiro atoms. The van der Waals surface area contributed by atoms with E-state index in [0.29, 0.717) is 25.5 Å². The van der Waals surface area contributed by atoms with E-state index >= 15 is 0 Å². The van der Waals surface area contributed by atoms with Gasteiger partial charge in [0, 0.05) is 26.2 Å². The molecule has 0 unspecified atom stereocenters. The van der Waals surface area contributed by atoms with Crippen molar-refractivity contribution in [1.29, 1.82) is 0 Å². The number of carbonyl (C=O) groups is 1. The number of furan rings is 1. The number of rotatable bonds is 4. The van der Waals surface area contributed by atoms with Gasteiger partial charge in [0.25, 0.3) is 5.91 Å². The van der Waals surface area contributed by atoms with Crippen molar-refractivity contribution in [3.8, 4) is 5.75 Å². The molecule has 1 saturated heterocycles. The molecule has 0 atom stereocenters. The first-order valence-electron chi connectivity index (χ1n) is 8.36. The second kappa shape index (κ2) is 6.76. The predicted octanol–water partition coefficient (Wildman–Crippen LogP) is 3.25. The monoisotopic (exact) mass is 357 g/mol. The van der Waals surface area contributed by atoms with Crippen LogP contribution in [0, 0.1) is 0 Å². The second-order valence-electron chi connectivity index (χ2n) is 5.79. The molecule has 0 saturated carbocycles. The van der Waals surface area contributed by atoms with Gasteiger partial charge in [-0.2, -0.15) is 0 Å². The van der Waals surface area contributed by atoms with Crippen LogP contribution in [-0.4, -0.2) is 48.6 Å². The lowest BCUT2D eigenvalue weighted by molar-refractivity contribution is 0.0714. The van der Waals surface area contributed by atoms with Gasteiger partial charge in [-0.05, 0) is 31.2 Å². The van der Waals surface area contributed by atoms with Gasteiger partial charge in [-0.25, -0.2) is 4.98 Å². The van der Waals surface area contributed by atoms with Crippen molar-refractivity contribution in [2.45, 2.75) is 6.92 Å². The number of hydrogen-bond donors (Lipinski definition) is 0. The third kappa shape index (κ3) is 3.07. The molecule has 3 aromatic rings. The number of fused-ring (bicyclic) bond motifs is 1. The Morgan fingerprint density at radius 1 is 1.24 bits per heavy atom. The first-order valence-corrected chi connectivity index (χ1v) is 9.18. The second-order valence-corrected chi connectivity index (χ2v) is 6.80. The topological polar surface area (TPSA) is 58.8 Å². The Labute approximate surface area is 149 Å². The fraction of sp³-hybridized carbons (Fsp3) is 0.333.